The quantitative estimate of drug-likeness (QED) is 0.815. The monoisotopic (exact) mass is 295 g/mol. The molecule has 1 saturated carbocycles. The minimum Gasteiger partial charge on any atom is -0.352 e. The summed E-state index contributed by atoms with van der Waals surface area (Å²) in [6.07, 6.45) is 7.24. The number of carbonyl (C=O) groups excluding carboxylic acids is 1. The standard InChI is InChI=1S/C17H33N3O/c1-13-4-3-5-16(14(13)2)19-17(21)12-20-10-7-15(6-9-18)8-11-20/h13-16H,3-12,18H2,1-2H3,(H,19,21). The first kappa shape index (κ1) is 16.8. The topological polar surface area (TPSA) is 58.4 Å². The molecule has 2 fully saturated rings. The average molecular weight is 295 g/mol. The molecule has 1 amide bonds. The Hall–Kier alpha value is -0.610. The first-order valence-corrected chi connectivity index (χ1v) is 8.82. The number of carbonyl (C=O) groups is 1. The van der Waals surface area contributed by atoms with Crippen LogP contribution in [0.2, 0.25) is 0 Å². The van der Waals surface area contributed by atoms with Gasteiger partial charge in [0.05, 0.1) is 6.54 Å². The van der Waals surface area contributed by atoms with Gasteiger partial charge in [0.1, 0.15) is 0 Å². The summed E-state index contributed by atoms with van der Waals surface area (Å²) in [6.45, 7) is 8.07. The van der Waals surface area contributed by atoms with Gasteiger partial charge in [-0.15, -0.1) is 0 Å². The fourth-order valence-corrected chi connectivity index (χ4v) is 3.91. The van der Waals surface area contributed by atoms with Crippen LogP contribution in [0.15, 0.2) is 0 Å². The lowest BCUT2D eigenvalue weighted by molar-refractivity contribution is -0.124. The first-order valence-electron chi connectivity index (χ1n) is 8.82. The van der Waals surface area contributed by atoms with Crippen molar-refractivity contribution in [3.8, 4) is 0 Å². The Morgan fingerprint density at radius 3 is 2.57 bits per heavy atom. The van der Waals surface area contributed by atoms with Crippen LogP contribution in [-0.4, -0.2) is 43.0 Å². The van der Waals surface area contributed by atoms with Crippen LogP contribution in [0.1, 0.15) is 52.4 Å². The van der Waals surface area contributed by atoms with Gasteiger partial charge in [0, 0.05) is 6.04 Å². The van der Waals surface area contributed by atoms with Gasteiger partial charge >= 0.3 is 0 Å². The van der Waals surface area contributed by atoms with Gasteiger partial charge in [0.25, 0.3) is 0 Å². The summed E-state index contributed by atoms with van der Waals surface area (Å²) in [5.41, 5.74) is 5.63. The molecule has 1 saturated heterocycles. The van der Waals surface area contributed by atoms with Gasteiger partial charge < -0.3 is 11.1 Å². The number of amides is 1. The lowest BCUT2D eigenvalue weighted by Gasteiger charge is -2.36. The normalized spacial score (nSPS) is 32.0. The van der Waals surface area contributed by atoms with E-state index in [0.717, 1.165) is 44.3 Å². The maximum absolute atomic E-state index is 12.3. The highest BCUT2D eigenvalue weighted by atomic mass is 16.2. The van der Waals surface area contributed by atoms with E-state index in [-0.39, 0.29) is 5.91 Å². The molecule has 4 heteroatoms. The second-order valence-corrected chi connectivity index (χ2v) is 7.24. The van der Waals surface area contributed by atoms with Gasteiger partial charge in [0.2, 0.25) is 5.91 Å². The van der Waals surface area contributed by atoms with Crippen molar-refractivity contribution in [3.63, 3.8) is 0 Å². The van der Waals surface area contributed by atoms with Crippen molar-refractivity contribution in [2.45, 2.75) is 58.4 Å². The Morgan fingerprint density at radius 2 is 1.90 bits per heavy atom. The number of hydrogen-bond acceptors (Lipinski definition) is 3. The second kappa shape index (κ2) is 8.14. The van der Waals surface area contributed by atoms with Gasteiger partial charge in [-0.2, -0.15) is 0 Å². The third-order valence-corrected chi connectivity index (χ3v) is 5.70. The number of rotatable bonds is 5. The maximum atomic E-state index is 12.3. The van der Waals surface area contributed by atoms with Crippen LogP contribution in [-0.2, 0) is 4.79 Å². The molecule has 0 aromatic heterocycles. The van der Waals surface area contributed by atoms with Crippen LogP contribution < -0.4 is 11.1 Å². The number of nitrogens with one attached hydrogen (secondary N) is 1. The maximum Gasteiger partial charge on any atom is 0.234 e. The molecule has 2 aliphatic rings. The van der Waals surface area contributed by atoms with Gasteiger partial charge in [-0.1, -0.05) is 26.7 Å². The van der Waals surface area contributed by atoms with E-state index >= 15 is 0 Å². The second-order valence-electron chi connectivity index (χ2n) is 7.24. The lowest BCUT2D eigenvalue weighted by atomic mass is 9.78. The van der Waals surface area contributed by atoms with Crippen LogP contribution in [0.25, 0.3) is 0 Å². The summed E-state index contributed by atoms with van der Waals surface area (Å²) in [6, 6.07) is 0.385. The fourth-order valence-electron chi connectivity index (χ4n) is 3.91. The number of hydrogen-bond donors (Lipinski definition) is 2. The van der Waals surface area contributed by atoms with Crippen molar-refractivity contribution in [2.24, 2.45) is 23.5 Å². The van der Waals surface area contributed by atoms with E-state index in [1.54, 1.807) is 0 Å². The molecule has 0 radical (unpaired) electrons. The highest BCUT2D eigenvalue weighted by molar-refractivity contribution is 5.78. The predicted octanol–water partition coefficient (Wildman–Crippen LogP) is 1.99. The van der Waals surface area contributed by atoms with Gasteiger partial charge in [-0.3, -0.25) is 9.69 Å². The smallest absolute Gasteiger partial charge is 0.234 e. The lowest BCUT2D eigenvalue weighted by Crippen LogP contribution is -2.48. The molecule has 1 aliphatic heterocycles. The molecule has 0 aromatic rings. The molecular weight excluding hydrogens is 262 g/mol. The summed E-state index contributed by atoms with van der Waals surface area (Å²) < 4.78 is 0. The van der Waals surface area contributed by atoms with Crippen LogP contribution >= 0.6 is 0 Å². The number of nitrogens with zero attached hydrogens (tertiary/aromatic N) is 1. The largest absolute Gasteiger partial charge is 0.352 e. The van der Waals surface area contributed by atoms with Crippen molar-refractivity contribution in [2.75, 3.05) is 26.2 Å². The molecular formula is C17H33N3O. The fraction of sp³-hybridized carbons (Fsp3) is 0.941. The van der Waals surface area contributed by atoms with Gasteiger partial charge in [-0.25, -0.2) is 0 Å². The van der Waals surface area contributed by atoms with E-state index < -0.39 is 0 Å². The van der Waals surface area contributed by atoms with E-state index in [4.69, 9.17) is 5.73 Å². The molecule has 122 valence electrons. The predicted molar refractivity (Wildman–Crippen MR) is 86.9 cm³/mol. The molecule has 21 heavy (non-hydrogen) atoms. The van der Waals surface area contributed by atoms with Crippen LogP contribution in [0.3, 0.4) is 0 Å². The Morgan fingerprint density at radius 1 is 1.19 bits per heavy atom. The van der Waals surface area contributed by atoms with Crippen molar-refractivity contribution in [1.29, 1.82) is 0 Å². The highest BCUT2D eigenvalue weighted by Gasteiger charge is 2.28. The van der Waals surface area contributed by atoms with Crippen LogP contribution in [0.4, 0.5) is 0 Å². The summed E-state index contributed by atoms with van der Waals surface area (Å²) in [4.78, 5) is 14.6. The third kappa shape index (κ3) is 4.96. The van der Waals surface area contributed by atoms with Gasteiger partial charge in [0.15, 0.2) is 0 Å². The zero-order chi connectivity index (χ0) is 15.2. The van der Waals surface area contributed by atoms with E-state index in [0.29, 0.717) is 18.5 Å². The highest BCUT2D eigenvalue weighted by Crippen LogP contribution is 2.29. The zero-order valence-corrected chi connectivity index (χ0v) is 13.8. The van der Waals surface area contributed by atoms with Crippen molar-refractivity contribution < 1.29 is 4.79 Å². The molecule has 4 nitrogen and oxygen atoms in total. The van der Waals surface area contributed by atoms with E-state index in [2.05, 4.69) is 24.1 Å². The van der Waals surface area contributed by atoms with Crippen molar-refractivity contribution >= 4 is 5.91 Å². The average Bonchev–Trinajstić information content (AvgIpc) is 2.46. The molecule has 1 heterocycles. The Labute approximate surface area is 129 Å². The minimum absolute atomic E-state index is 0.221. The molecule has 3 unspecified atom stereocenters. The summed E-state index contributed by atoms with van der Waals surface area (Å²) in [5.74, 6) is 2.33. The van der Waals surface area contributed by atoms with Gasteiger partial charge in [-0.05, 0) is 63.1 Å². The SMILES string of the molecule is CC1CCCC(NC(=O)CN2CCC(CCN)CC2)C1C. The van der Waals surface area contributed by atoms with Crippen LogP contribution in [0, 0.1) is 17.8 Å². The first-order chi connectivity index (χ1) is 10.1. The molecule has 0 bridgehead atoms. The summed E-state index contributed by atoms with van der Waals surface area (Å²) in [5, 5.41) is 3.28. The molecule has 2 rings (SSSR count). The van der Waals surface area contributed by atoms with E-state index in [1.807, 2.05) is 0 Å². The molecule has 3 N–H and O–H groups in total. The summed E-state index contributed by atoms with van der Waals surface area (Å²) >= 11 is 0. The number of nitrogens with two attached hydrogens (primary N) is 1. The van der Waals surface area contributed by atoms with Crippen molar-refractivity contribution in [1.82, 2.24) is 10.2 Å². The minimum atomic E-state index is 0.221. The van der Waals surface area contributed by atoms with Crippen molar-refractivity contribution in [3.05, 3.63) is 0 Å². The number of likely N-dealkylation sites (tertiary alicyclic amines) is 1. The Bertz CT molecular complexity index is 326. The molecule has 0 spiro atoms. The van der Waals surface area contributed by atoms with Crippen LogP contribution in [0.5, 0.6) is 0 Å². The molecule has 0 aromatic carbocycles. The molecule has 1 aliphatic carbocycles. The number of piperidine rings is 1. The zero-order valence-electron chi connectivity index (χ0n) is 13.8. The van der Waals surface area contributed by atoms with E-state index in [9.17, 15) is 4.79 Å². The Kier molecular flexibility index (Phi) is 6.49. The van der Waals surface area contributed by atoms with E-state index in [1.165, 1.54) is 25.7 Å². The summed E-state index contributed by atoms with van der Waals surface area (Å²) in [7, 11) is 0. The third-order valence-electron chi connectivity index (χ3n) is 5.70. The Balaban J connectivity index is 1.70. The molecule has 3 atom stereocenters.